The number of methoxy groups -OCH3 is 1. The van der Waals surface area contributed by atoms with Crippen molar-refractivity contribution in [3.8, 4) is 5.75 Å². The summed E-state index contributed by atoms with van der Waals surface area (Å²) in [4.78, 5) is 17.5. The van der Waals surface area contributed by atoms with Crippen molar-refractivity contribution in [2.24, 2.45) is 0 Å². The van der Waals surface area contributed by atoms with Gasteiger partial charge in [-0.05, 0) is 23.6 Å². The topological polar surface area (TPSA) is 66.6 Å². The number of rotatable bonds is 6. The maximum atomic E-state index is 12.2. The van der Waals surface area contributed by atoms with Gasteiger partial charge in [-0.3, -0.25) is 9.69 Å². The summed E-state index contributed by atoms with van der Waals surface area (Å²) in [5, 5.41) is 4.36. The molecule has 0 atom stereocenters. The zero-order chi connectivity index (χ0) is 16.1. The lowest BCUT2D eigenvalue weighted by molar-refractivity contribution is 0.0384. The normalized spacial score (nSPS) is 15.9. The van der Waals surface area contributed by atoms with Gasteiger partial charge in [0.1, 0.15) is 5.75 Å². The van der Waals surface area contributed by atoms with Crippen molar-refractivity contribution in [3.63, 3.8) is 0 Å². The minimum Gasteiger partial charge on any atom is -0.497 e. The minimum atomic E-state index is -0.0513. The summed E-state index contributed by atoms with van der Waals surface area (Å²) in [5.41, 5.74) is 1.50. The number of aromatic nitrogens is 1. The lowest BCUT2D eigenvalue weighted by Crippen LogP contribution is -2.40. The molecule has 0 amide bonds. The first-order valence-electron chi connectivity index (χ1n) is 7.97. The number of pyridine rings is 1. The Balaban J connectivity index is 1.59. The molecule has 1 fully saturated rings. The van der Waals surface area contributed by atoms with Crippen molar-refractivity contribution < 1.29 is 9.47 Å². The first kappa shape index (κ1) is 16.0. The SMILES string of the molecule is COc1ccc2cc(CNCCN3CCOCC3)c(=O)[nH]c2c1. The smallest absolute Gasteiger partial charge is 0.252 e. The molecule has 6 heteroatoms. The molecule has 1 aromatic carbocycles. The van der Waals surface area contributed by atoms with E-state index in [1.54, 1.807) is 7.11 Å². The number of aromatic amines is 1. The van der Waals surface area contributed by atoms with Crippen LogP contribution in [0.3, 0.4) is 0 Å². The van der Waals surface area contributed by atoms with Gasteiger partial charge in [-0.25, -0.2) is 0 Å². The molecule has 0 aliphatic carbocycles. The molecule has 1 aromatic heterocycles. The fraction of sp³-hybridized carbons (Fsp3) is 0.471. The predicted octanol–water partition coefficient (Wildman–Crippen LogP) is 0.959. The van der Waals surface area contributed by atoms with E-state index in [0.29, 0.717) is 6.54 Å². The Morgan fingerprint density at radius 2 is 2.13 bits per heavy atom. The van der Waals surface area contributed by atoms with Gasteiger partial charge in [-0.15, -0.1) is 0 Å². The van der Waals surface area contributed by atoms with Gasteiger partial charge in [0.2, 0.25) is 0 Å². The van der Waals surface area contributed by atoms with Crippen LogP contribution in [-0.4, -0.2) is 56.4 Å². The first-order valence-corrected chi connectivity index (χ1v) is 7.97. The van der Waals surface area contributed by atoms with Crippen LogP contribution in [0.15, 0.2) is 29.1 Å². The largest absolute Gasteiger partial charge is 0.497 e. The fourth-order valence-corrected chi connectivity index (χ4v) is 2.77. The third-order valence-electron chi connectivity index (χ3n) is 4.15. The number of H-pyrrole nitrogens is 1. The summed E-state index contributed by atoms with van der Waals surface area (Å²) in [6.07, 6.45) is 0. The Morgan fingerprint density at radius 1 is 1.30 bits per heavy atom. The van der Waals surface area contributed by atoms with Crippen LogP contribution in [0.4, 0.5) is 0 Å². The summed E-state index contributed by atoms with van der Waals surface area (Å²) in [5.74, 6) is 0.740. The van der Waals surface area contributed by atoms with Crippen molar-refractivity contribution in [1.82, 2.24) is 15.2 Å². The maximum Gasteiger partial charge on any atom is 0.252 e. The van der Waals surface area contributed by atoms with E-state index in [1.165, 1.54) is 0 Å². The zero-order valence-electron chi connectivity index (χ0n) is 13.4. The molecule has 0 unspecified atom stereocenters. The van der Waals surface area contributed by atoms with Crippen LogP contribution in [0.5, 0.6) is 5.75 Å². The van der Waals surface area contributed by atoms with E-state index in [0.717, 1.165) is 61.6 Å². The number of morpholine rings is 1. The number of nitrogens with one attached hydrogen (secondary N) is 2. The second-order valence-corrected chi connectivity index (χ2v) is 5.71. The molecule has 2 N–H and O–H groups in total. The molecule has 1 aliphatic heterocycles. The molecular weight excluding hydrogens is 294 g/mol. The number of nitrogens with zero attached hydrogens (tertiary/aromatic N) is 1. The molecule has 23 heavy (non-hydrogen) atoms. The van der Waals surface area contributed by atoms with Crippen molar-refractivity contribution >= 4 is 10.9 Å². The Bertz CT molecular complexity index is 708. The maximum absolute atomic E-state index is 12.2. The quantitative estimate of drug-likeness (QED) is 0.777. The van der Waals surface area contributed by atoms with E-state index < -0.39 is 0 Å². The molecule has 0 bridgehead atoms. The summed E-state index contributed by atoms with van der Waals surface area (Å²) >= 11 is 0. The highest BCUT2D eigenvalue weighted by Crippen LogP contribution is 2.18. The highest BCUT2D eigenvalue weighted by molar-refractivity contribution is 5.80. The molecule has 0 spiro atoms. The highest BCUT2D eigenvalue weighted by Gasteiger charge is 2.09. The molecule has 1 saturated heterocycles. The highest BCUT2D eigenvalue weighted by atomic mass is 16.5. The number of benzene rings is 1. The lowest BCUT2D eigenvalue weighted by atomic mass is 10.1. The predicted molar refractivity (Wildman–Crippen MR) is 90.1 cm³/mol. The molecule has 2 aromatic rings. The number of fused-ring (bicyclic) bond motifs is 1. The summed E-state index contributed by atoms with van der Waals surface area (Å²) in [6.45, 7) is 6.01. The second kappa shape index (κ2) is 7.59. The summed E-state index contributed by atoms with van der Waals surface area (Å²) in [6, 6.07) is 7.64. The molecule has 0 radical (unpaired) electrons. The van der Waals surface area contributed by atoms with Gasteiger partial charge in [0, 0.05) is 44.4 Å². The molecule has 124 valence electrons. The standard InChI is InChI=1S/C17H23N3O3/c1-22-15-3-2-13-10-14(17(21)19-16(13)11-15)12-18-4-5-20-6-8-23-9-7-20/h2-3,10-11,18H,4-9,12H2,1H3,(H,19,21). The van der Waals surface area contributed by atoms with Gasteiger partial charge in [0.05, 0.1) is 25.8 Å². The average molecular weight is 317 g/mol. The van der Waals surface area contributed by atoms with E-state index >= 15 is 0 Å². The van der Waals surface area contributed by atoms with Gasteiger partial charge in [0.15, 0.2) is 0 Å². The van der Waals surface area contributed by atoms with Crippen LogP contribution in [0.1, 0.15) is 5.56 Å². The van der Waals surface area contributed by atoms with Crippen LogP contribution >= 0.6 is 0 Å². The molecule has 3 rings (SSSR count). The lowest BCUT2D eigenvalue weighted by Gasteiger charge is -2.26. The van der Waals surface area contributed by atoms with Crippen molar-refractivity contribution in [3.05, 3.63) is 40.2 Å². The van der Waals surface area contributed by atoms with E-state index in [1.807, 2.05) is 24.3 Å². The molecule has 1 aliphatic rings. The van der Waals surface area contributed by atoms with Crippen LogP contribution in [0, 0.1) is 0 Å². The second-order valence-electron chi connectivity index (χ2n) is 5.71. The van der Waals surface area contributed by atoms with E-state index in [2.05, 4.69) is 15.2 Å². The number of hydrogen-bond donors (Lipinski definition) is 2. The van der Waals surface area contributed by atoms with Crippen LogP contribution in [0.25, 0.3) is 10.9 Å². The summed E-state index contributed by atoms with van der Waals surface area (Å²) < 4.78 is 10.5. The van der Waals surface area contributed by atoms with E-state index in [9.17, 15) is 4.79 Å². The molecule has 0 saturated carbocycles. The number of hydrogen-bond acceptors (Lipinski definition) is 5. The third kappa shape index (κ3) is 4.10. The van der Waals surface area contributed by atoms with Crippen molar-refractivity contribution in [2.75, 3.05) is 46.5 Å². The monoisotopic (exact) mass is 317 g/mol. The Morgan fingerprint density at radius 3 is 2.91 bits per heavy atom. The molecule has 2 heterocycles. The Hall–Kier alpha value is -1.89. The average Bonchev–Trinajstić information content (AvgIpc) is 2.59. The van der Waals surface area contributed by atoms with Crippen molar-refractivity contribution in [1.29, 1.82) is 0 Å². The van der Waals surface area contributed by atoms with Gasteiger partial charge in [0.25, 0.3) is 5.56 Å². The van der Waals surface area contributed by atoms with Crippen molar-refractivity contribution in [2.45, 2.75) is 6.54 Å². The van der Waals surface area contributed by atoms with Gasteiger partial charge in [-0.1, -0.05) is 0 Å². The number of ether oxygens (including phenoxy) is 2. The first-order chi connectivity index (χ1) is 11.3. The van der Waals surface area contributed by atoms with Crippen LogP contribution < -0.4 is 15.6 Å². The van der Waals surface area contributed by atoms with Gasteiger partial charge in [-0.2, -0.15) is 0 Å². The van der Waals surface area contributed by atoms with Crippen LogP contribution in [-0.2, 0) is 11.3 Å². The molecule has 6 nitrogen and oxygen atoms in total. The zero-order valence-corrected chi connectivity index (χ0v) is 13.4. The minimum absolute atomic E-state index is 0.0513. The fourth-order valence-electron chi connectivity index (χ4n) is 2.77. The summed E-state index contributed by atoms with van der Waals surface area (Å²) in [7, 11) is 1.62. The van der Waals surface area contributed by atoms with Gasteiger partial charge < -0.3 is 19.8 Å². The third-order valence-corrected chi connectivity index (χ3v) is 4.15. The molecular formula is C17H23N3O3. The van der Waals surface area contributed by atoms with Gasteiger partial charge >= 0.3 is 0 Å². The van der Waals surface area contributed by atoms with E-state index in [4.69, 9.17) is 9.47 Å². The van der Waals surface area contributed by atoms with E-state index in [-0.39, 0.29) is 5.56 Å². The Labute approximate surface area is 135 Å². The van der Waals surface area contributed by atoms with Crippen LogP contribution in [0.2, 0.25) is 0 Å². The Kier molecular flexibility index (Phi) is 5.27.